The van der Waals surface area contributed by atoms with E-state index in [1.807, 2.05) is 32.0 Å². The topological polar surface area (TPSA) is 101 Å². The number of nitrogens with one attached hydrogen (secondary N) is 1. The van der Waals surface area contributed by atoms with E-state index in [1.54, 1.807) is 36.4 Å². The summed E-state index contributed by atoms with van der Waals surface area (Å²) < 4.78 is 11.3. The van der Waals surface area contributed by atoms with Crippen LogP contribution in [-0.4, -0.2) is 18.2 Å². The number of H-pyrrole nitrogens is 1. The molecule has 3 rings (SSSR count). The Hall–Kier alpha value is -3.72. The Bertz CT molecular complexity index is 1080. The minimum Gasteiger partial charge on any atom is -0.494 e. The van der Waals surface area contributed by atoms with Crippen molar-refractivity contribution in [2.45, 2.75) is 13.8 Å². The number of benzene rings is 2. The predicted molar refractivity (Wildman–Crippen MR) is 109 cm³/mol. The molecule has 28 heavy (non-hydrogen) atoms. The highest BCUT2D eigenvalue weighted by molar-refractivity contribution is 5.80. The van der Waals surface area contributed by atoms with Crippen LogP contribution < -0.4 is 20.8 Å². The van der Waals surface area contributed by atoms with E-state index in [-0.39, 0.29) is 5.56 Å². The van der Waals surface area contributed by atoms with Gasteiger partial charge in [0.1, 0.15) is 23.1 Å². The molecule has 3 aromatic rings. The van der Waals surface area contributed by atoms with Gasteiger partial charge < -0.3 is 20.2 Å². The predicted octanol–water partition coefficient (Wildman–Crippen LogP) is 3.96. The van der Waals surface area contributed by atoms with E-state index in [2.05, 4.69) is 4.98 Å². The van der Waals surface area contributed by atoms with Gasteiger partial charge in [-0.3, -0.25) is 4.79 Å². The average Bonchev–Trinajstić information content (AvgIpc) is 2.69. The molecule has 6 nitrogen and oxygen atoms in total. The molecule has 0 saturated carbocycles. The molecule has 0 spiro atoms. The summed E-state index contributed by atoms with van der Waals surface area (Å²) in [6, 6.07) is 16.3. The van der Waals surface area contributed by atoms with Gasteiger partial charge in [-0.05, 0) is 55.8 Å². The summed E-state index contributed by atoms with van der Waals surface area (Å²) in [5, 5.41) is 9.59. The second-order valence-corrected chi connectivity index (χ2v) is 6.06. The highest BCUT2D eigenvalue weighted by atomic mass is 16.5. The Morgan fingerprint density at radius 1 is 1.00 bits per heavy atom. The molecule has 0 aliphatic rings. The fraction of sp³-hybridized carbons (Fsp3) is 0.182. The van der Waals surface area contributed by atoms with Gasteiger partial charge in [0.2, 0.25) is 0 Å². The maximum absolute atomic E-state index is 12.6. The molecule has 142 valence electrons. The first-order valence-corrected chi connectivity index (χ1v) is 9.00. The first kappa shape index (κ1) is 19.1. The maximum atomic E-state index is 12.6. The lowest BCUT2D eigenvalue weighted by Gasteiger charge is -2.14. The van der Waals surface area contributed by atoms with Gasteiger partial charge in [-0.2, -0.15) is 5.26 Å². The Labute approximate surface area is 163 Å². The number of anilines is 1. The molecule has 0 aliphatic heterocycles. The van der Waals surface area contributed by atoms with Crippen molar-refractivity contribution in [3.8, 4) is 40.0 Å². The van der Waals surface area contributed by atoms with Crippen molar-refractivity contribution >= 4 is 5.69 Å². The number of aromatic amines is 1. The lowest BCUT2D eigenvalue weighted by atomic mass is 9.98. The van der Waals surface area contributed by atoms with Crippen molar-refractivity contribution in [3.05, 3.63) is 64.4 Å². The Morgan fingerprint density at radius 3 is 2.36 bits per heavy atom. The molecular weight excluding hydrogens is 354 g/mol. The van der Waals surface area contributed by atoms with Crippen molar-refractivity contribution in [1.82, 2.24) is 4.98 Å². The first-order valence-electron chi connectivity index (χ1n) is 9.00. The monoisotopic (exact) mass is 375 g/mol. The highest BCUT2D eigenvalue weighted by Gasteiger charge is 2.17. The van der Waals surface area contributed by atoms with Gasteiger partial charge in [-0.1, -0.05) is 12.1 Å². The molecule has 3 N–H and O–H groups in total. The summed E-state index contributed by atoms with van der Waals surface area (Å²) in [5.41, 5.74) is 8.44. The molecule has 0 atom stereocenters. The third-order valence-corrected chi connectivity index (χ3v) is 4.22. The Kier molecular flexibility index (Phi) is 5.66. The van der Waals surface area contributed by atoms with E-state index < -0.39 is 5.56 Å². The lowest BCUT2D eigenvalue weighted by molar-refractivity contribution is 0.331. The van der Waals surface area contributed by atoms with Crippen LogP contribution in [0.3, 0.4) is 0 Å². The summed E-state index contributed by atoms with van der Waals surface area (Å²) in [6.45, 7) is 4.73. The number of hydrogen-bond acceptors (Lipinski definition) is 5. The van der Waals surface area contributed by atoms with Crippen molar-refractivity contribution in [2.75, 3.05) is 18.9 Å². The van der Waals surface area contributed by atoms with E-state index in [0.29, 0.717) is 47.2 Å². The number of pyridine rings is 1. The van der Waals surface area contributed by atoms with E-state index in [9.17, 15) is 10.1 Å². The number of hydrogen-bond donors (Lipinski definition) is 2. The fourth-order valence-electron chi connectivity index (χ4n) is 2.96. The molecule has 6 heteroatoms. The zero-order valence-electron chi connectivity index (χ0n) is 15.8. The second kappa shape index (κ2) is 8.31. The van der Waals surface area contributed by atoms with Crippen molar-refractivity contribution in [1.29, 1.82) is 5.26 Å². The highest BCUT2D eigenvalue weighted by Crippen LogP contribution is 2.36. The lowest BCUT2D eigenvalue weighted by Crippen LogP contribution is -2.13. The van der Waals surface area contributed by atoms with E-state index in [1.165, 1.54) is 0 Å². The van der Waals surface area contributed by atoms with Crippen LogP contribution in [0.2, 0.25) is 0 Å². The van der Waals surface area contributed by atoms with Crippen LogP contribution in [0, 0.1) is 11.3 Å². The normalized spacial score (nSPS) is 10.3. The standard InChI is InChI=1S/C22H21N3O3/c1-3-27-16-9-10-21(28-4-2)18(11-16)17-12-20(25-22(26)19(17)13-23)14-5-7-15(24)8-6-14/h5-12H,3-4,24H2,1-2H3,(H,25,26). The van der Waals surface area contributed by atoms with E-state index >= 15 is 0 Å². The molecule has 0 saturated heterocycles. The zero-order valence-corrected chi connectivity index (χ0v) is 15.8. The van der Waals surface area contributed by atoms with Gasteiger partial charge in [0, 0.05) is 22.5 Å². The summed E-state index contributed by atoms with van der Waals surface area (Å²) in [7, 11) is 0. The van der Waals surface area contributed by atoms with Crippen LogP contribution in [0.25, 0.3) is 22.4 Å². The Balaban J connectivity index is 2.25. The summed E-state index contributed by atoms with van der Waals surface area (Å²) >= 11 is 0. The molecule has 1 heterocycles. The van der Waals surface area contributed by atoms with Crippen molar-refractivity contribution in [2.24, 2.45) is 0 Å². The average molecular weight is 375 g/mol. The van der Waals surface area contributed by atoms with Gasteiger partial charge in [0.05, 0.1) is 13.2 Å². The molecule has 2 aromatic carbocycles. The number of nitriles is 1. The number of nitrogens with zero attached hydrogens (tertiary/aromatic N) is 1. The molecule has 0 unspecified atom stereocenters. The minimum atomic E-state index is -0.462. The third-order valence-electron chi connectivity index (χ3n) is 4.22. The van der Waals surface area contributed by atoms with Crippen LogP contribution in [0.5, 0.6) is 11.5 Å². The van der Waals surface area contributed by atoms with Crippen LogP contribution in [-0.2, 0) is 0 Å². The summed E-state index contributed by atoms with van der Waals surface area (Å²) in [5.74, 6) is 1.22. The number of ether oxygens (including phenoxy) is 2. The second-order valence-electron chi connectivity index (χ2n) is 6.06. The smallest absolute Gasteiger partial charge is 0.266 e. The van der Waals surface area contributed by atoms with Gasteiger partial charge in [0.15, 0.2) is 0 Å². The Morgan fingerprint density at radius 2 is 1.71 bits per heavy atom. The van der Waals surface area contributed by atoms with Crippen LogP contribution in [0.1, 0.15) is 19.4 Å². The van der Waals surface area contributed by atoms with Crippen molar-refractivity contribution in [3.63, 3.8) is 0 Å². The first-order chi connectivity index (χ1) is 13.6. The molecular formula is C22H21N3O3. The quantitative estimate of drug-likeness (QED) is 0.635. The largest absolute Gasteiger partial charge is 0.494 e. The minimum absolute atomic E-state index is 0.0220. The van der Waals surface area contributed by atoms with Gasteiger partial charge >= 0.3 is 0 Å². The molecule has 0 radical (unpaired) electrons. The van der Waals surface area contributed by atoms with E-state index in [4.69, 9.17) is 15.2 Å². The summed E-state index contributed by atoms with van der Waals surface area (Å²) in [6.07, 6.45) is 0. The van der Waals surface area contributed by atoms with E-state index in [0.717, 1.165) is 5.56 Å². The van der Waals surface area contributed by atoms with Gasteiger partial charge in [-0.15, -0.1) is 0 Å². The maximum Gasteiger partial charge on any atom is 0.266 e. The molecule has 0 bridgehead atoms. The fourth-order valence-corrected chi connectivity index (χ4v) is 2.96. The molecule has 1 aromatic heterocycles. The number of aromatic nitrogens is 1. The van der Waals surface area contributed by atoms with Crippen LogP contribution >= 0.6 is 0 Å². The van der Waals surface area contributed by atoms with Crippen LogP contribution in [0.4, 0.5) is 5.69 Å². The molecule has 0 aliphatic carbocycles. The number of nitrogens with two attached hydrogens (primary N) is 1. The molecule has 0 fully saturated rings. The number of nitrogen functional groups attached to an aromatic ring is 1. The van der Waals surface area contributed by atoms with Gasteiger partial charge in [0.25, 0.3) is 5.56 Å². The van der Waals surface area contributed by atoms with Crippen molar-refractivity contribution < 1.29 is 9.47 Å². The zero-order chi connectivity index (χ0) is 20.1. The van der Waals surface area contributed by atoms with Crippen LogP contribution in [0.15, 0.2) is 53.3 Å². The summed E-state index contributed by atoms with van der Waals surface area (Å²) in [4.78, 5) is 15.4. The third kappa shape index (κ3) is 3.84. The number of rotatable bonds is 6. The molecule has 0 amide bonds. The SMILES string of the molecule is CCOc1ccc(OCC)c(-c2cc(-c3ccc(N)cc3)[nH]c(=O)c2C#N)c1. The van der Waals surface area contributed by atoms with Gasteiger partial charge in [-0.25, -0.2) is 0 Å².